The van der Waals surface area contributed by atoms with E-state index in [0.717, 1.165) is 10.6 Å². The minimum absolute atomic E-state index is 0.353. The van der Waals surface area contributed by atoms with Crippen LogP contribution < -0.4 is 15.4 Å². The van der Waals surface area contributed by atoms with Crippen LogP contribution in [-0.2, 0) is 4.79 Å². The second kappa shape index (κ2) is 8.77. The van der Waals surface area contributed by atoms with E-state index in [0.29, 0.717) is 17.1 Å². The van der Waals surface area contributed by atoms with Crippen molar-refractivity contribution in [3.63, 3.8) is 0 Å². The number of carbonyl (C=O) groups excluding carboxylic acids is 2. The van der Waals surface area contributed by atoms with Crippen LogP contribution in [0.4, 0.5) is 16.2 Å². The number of aromatic nitrogens is 1. The number of aryl methyl sites for hydroxylation is 1. The summed E-state index contributed by atoms with van der Waals surface area (Å²) in [5.41, 5.74) is 3.87. The summed E-state index contributed by atoms with van der Waals surface area (Å²) in [6.45, 7) is 1.88. The van der Waals surface area contributed by atoms with E-state index in [1.807, 2.05) is 25.1 Å². The number of thiazole rings is 1. The topological polar surface area (TPSA) is 80.3 Å². The molecule has 1 heterocycles. The standard InChI is InChI=1S/C20H17N3O3S/c1-14-18(27-13-21-14)11-12-19(24)26-17-9-7-16(8-10-17)23-20(25)22-15-5-3-2-4-6-15/h2-13H,1H3,(H2,22,23,25)/b12-11+. The minimum atomic E-state index is -0.481. The molecule has 0 aliphatic heterocycles. The smallest absolute Gasteiger partial charge is 0.336 e. The van der Waals surface area contributed by atoms with Crippen LogP contribution in [0.1, 0.15) is 10.6 Å². The van der Waals surface area contributed by atoms with Crippen LogP contribution in [0, 0.1) is 6.92 Å². The molecule has 0 aliphatic rings. The van der Waals surface area contributed by atoms with Gasteiger partial charge in [0.15, 0.2) is 0 Å². The first kappa shape index (κ1) is 18.3. The Morgan fingerprint density at radius 3 is 2.30 bits per heavy atom. The van der Waals surface area contributed by atoms with Gasteiger partial charge in [-0.05, 0) is 49.4 Å². The maximum Gasteiger partial charge on any atom is 0.336 e. The average molecular weight is 379 g/mol. The number of ether oxygens (including phenoxy) is 1. The van der Waals surface area contributed by atoms with Crippen molar-refractivity contribution < 1.29 is 14.3 Å². The number of rotatable bonds is 5. The second-order valence-corrected chi connectivity index (χ2v) is 6.41. The molecule has 2 aromatic carbocycles. The number of anilines is 2. The summed E-state index contributed by atoms with van der Waals surface area (Å²) >= 11 is 1.45. The number of hydrogen-bond donors (Lipinski definition) is 2. The van der Waals surface area contributed by atoms with Crippen LogP contribution >= 0.6 is 11.3 Å². The van der Waals surface area contributed by atoms with E-state index in [-0.39, 0.29) is 6.03 Å². The number of nitrogens with one attached hydrogen (secondary N) is 2. The van der Waals surface area contributed by atoms with Crippen molar-refractivity contribution in [3.8, 4) is 5.75 Å². The highest BCUT2D eigenvalue weighted by molar-refractivity contribution is 7.10. The fourth-order valence-corrected chi connectivity index (χ4v) is 2.88. The molecule has 0 saturated carbocycles. The van der Waals surface area contributed by atoms with Crippen molar-refractivity contribution in [2.45, 2.75) is 6.92 Å². The molecule has 136 valence electrons. The number of nitrogens with zero attached hydrogens (tertiary/aromatic N) is 1. The zero-order chi connectivity index (χ0) is 19.1. The van der Waals surface area contributed by atoms with Crippen LogP contribution in [0.2, 0.25) is 0 Å². The van der Waals surface area contributed by atoms with Gasteiger partial charge in [0, 0.05) is 17.5 Å². The largest absolute Gasteiger partial charge is 0.423 e. The van der Waals surface area contributed by atoms with Gasteiger partial charge in [-0.15, -0.1) is 11.3 Å². The zero-order valence-electron chi connectivity index (χ0n) is 14.5. The fraction of sp³-hybridized carbons (Fsp3) is 0.0500. The molecule has 3 rings (SSSR count). The van der Waals surface area contributed by atoms with Gasteiger partial charge in [0.1, 0.15) is 5.75 Å². The summed E-state index contributed by atoms with van der Waals surface area (Å²) in [5.74, 6) is -0.0926. The SMILES string of the molecule is Cc1ncsc1/C=C/C(=O)Oc1ccc(NC(=O)Nc2ccccc2)cc1. The first-order valence-electron chi connectivity index (χ1n) is 8.13. The number of benzene rings is 2. The van der Waals surface area contributed by atoms with Crippen molar-refractivity contribution in [2.75, 3.05) is 10.6 Å². The summed E-state index contributed by atoms with van der Waals surface area (Å²) in [4.78, 5) is 28.9. The van der Waals surface area contributed by atoms with E-state index < -0.39 is 5.97 Å². The maximum absolute atomic E-state index is 11.9. The van der Waals surface area contributed by atoms with Gasteiger partial charge in [-0.25, -0.2) is 14.6 Å². The predicted molar refractivity (Wildman–Crippen MR) is 107 cm³/mol. The normalized spacial score (nSPS) is 10.6. The lowest BCUT2D eigenvalue weighted by molar-refractivity contribution is -0.128. The van der Waals surface area contributed by atoms with E-state index in [4.69, 9.17) is 4.74 Å². The lowest BCUT2D eigenvalue weighted by Crippen LogP contribution is -2.19. The average Bonchev–Trinajstić information content (AvgIpc) is 3.07. The first-order chi connectivity index (χ1) is 13.1. The van der Waals surface area contributed by atoms with Gasteiger partial charge in [0.05, 0.1) is 16.1 Å². The lowest BCUT2D eigenvalue weighted by atomic mass is 10.3. The van der Waals surface area contributed by atoms with Gasteiger partial charge in [-0.3, -0.25) is 0 Å². The molecule has 2 N–H and O–H groups in total. The molecule has 0 unspecified atom stereocenters. The highest BCUT2D eigenvalue weighted by atomic mass is 32.1. The molecule has 3 aromatic rings. The quantitative estimate of drug-likeness (QED) is 0.382. The van der Waals surface area contributed by atoms with Crippen molar-refractivity contribution in [1.82, 2.24) is 4.98 Å². The third-order valence-electron chi connectivity index (χ3n) is 3.52. The molecular formula is C20H17N3O3S. The van der Waals surface area contributed by atoms with Crippen LogP contribution in [0.25, 0.3) is 6.08 Å². The fourth-order valence-electron chi connectivity index (χ4n) is 2.19. The Hall–Kier alpha value is -3.45. The first-order valence-corrected chi connectivity index (χ1v) is 9.01. The molecule has 0 saturated heterocycles. The Balaban J connectivity index is 1.52. The van der Waals surface area contributed by atoms with Crippen LogP contribution in [0.15, 0.2) is 66.2 Å². The van der Waals surface area contributed by atoms with Gasteiger partial charge in [-0.1, -0.05) is 18.2 Å². The van der Waals surface area contributed by atoms with E-state index in [9.17, 15) is 9.59 Å². The molecule has 0 atom stereocenters. The minimum Gasteiger partial charge on any atom is -0.423 e. The maximum atomic E-state index is 11.9. The molecule has 7 heteroatoms. The number of hydrogen-bond acceptors (Lipinski definition) is 5. The summed E-state index contributed by atoms with van der Waals surface area (Å²) in [6.07, 6.45) is 3.04. The Kier molecular flexibility index (Phi) is 5.96. The van der Waals surface area contributed by atoms with E-state index >= 15 is 0 Å². The van der Waals surface area contributed by atoms with Gasteiger partial charge >= 0.3 is 12.0 Å². The van der Waals surface area contributed by atoms with Crippen molar-refractivity contribution in [1.29, 1.82) is 0 Å². The Morgan fingerprint density at radius 1 is 1.00 bits per heavy atom. The number of esters is 1. The van der Waals surface area contributed by atoms with Crippen LogP contribution in [0.3, 0.4) is 0 Å². The van der Waals surface area contributed by atoms with Gasteiger partial charge in [0.25, 0.3) is 0 Å². The van der Waals surface area contributed by atoms with Crippen molar-refractivity contribution in [3.05, 3.63) is 76.8 Å². The third kappa shape index (κ3) is 5.52. The number of amides is 2. The molecule has 0 aliphatic carbocycles. The second-order valence-electron chi connectivity index (χ2n) is 5.53. The monoisotopic (exact) mass is 379 g/mol. The molecule has 27 heavy (non-hydrogen) atoms. The molecule has 0 fully saturated rings. The Labute approximate surface area is 160 Å². The van der Waals surface area contributed by atoms with Crippen molar-refractivity contribution in [2.24, 2.45) is 0 Å². The molecule has 0 spiro atoms. The summed E-state index contributed by atoms with van der Waals surface area (Å²) in [7, 11) is 0. The zero-order valence-corrected chi connectivity index (χ0v) is 15.3. The number of para-hydroxylation sites is 1. The molecule has 2 amide bonds. The highest BCUT2D eigenvalue weighted by Gasteiger charge is 2.05. The van der Waals surface area contributed by atoms with E-state index in [1.165, 1.54) is 17.4 Å². The van der Waals surface area contributed by atoms with Gasteiger partial charge < -0.3 is 15.4 Å². The number of carbonyl (C=O) groups is 2. The molecule has 1 aromatic heterocycles. The predicted octanol–water partition coefficient (Wildman–Crippen LogP) is 4.71. The number of urea groups is 1. The third-order valence-corrected chi connectivity index (χ3v) is 4.41. The summed E-state index contributed by atoms with van der Waals surface area (Å²) in [6, 6.07) is 15.3. The van der Waals surface area contributed by atoms with E-state index in [2.05, 4.69) is 15.6 Å². The highest BCUT2D eigenvalue weighted by Crippen LogP contribution is 2.17. The molecule has 6 nitrogen and oxygen atoms in total. The van der Waals surface area contributed by atoms with Gasteiger partial charge in [0.2, 0.25) is 0 Å². The lowest BCUT2D eigenvalue weighted by Gasteiger charge is -2.08. The van der Waals surface area contributed by atoms with Crippen LogP contribution in [0.5, 0.6) is 5.75 Å². The summed E-state index contributed by atoms with van der Waals surface area (Å²) < 4.78 is 5.24. The Morgan fingerprint density at radius 2 is 1.67 bits per heavy atom. The van der Waals surface area contributed by atoms with Gasteiger partial charge in [-0.2, -0.15) is 0 Å². The molecular weight excluding hydrogens is 362 g/mol. The van der Waals surface area contributed by atoms with E-state index in [1.54, 1.807) is 48.0 Å². The van der Waals surface area contributed by atoms with Crippen LogP contribution in [-0.4, -0.2) is 17.0 Å². The summed E-state index contributed by atoms with van der Waals surface area (Å²) in [5, 5.41) is 5.43. The molecule has 0 radical (unpaired) electrons. The van der Waals surface area contributed by atoms with Crippen molar-refractivity contribution >= 4 is 40.8 Å². The molecule has 0 bridgehead atoms. The Bertz CT molecular complexity index is 950.